The molecule has 1 aliphatic heterocycles. The molecule has 0 aliphatic carbocycles. The number of benzene rings is 2. The number of hydrogen-bond donors (Lipinski definition) is 2. The van der Waals surface area contributed by atoms with E-state index in [4.69, 9.17) is 4.74 Å². The highest BCUT2D eigenvalue weighted by molar-refractivity contribution is 6.02. The van der Waals surface area contributed by atoms with Gasteiger partial charge in [0.2, 0.25) is 5.91 Å². The van der Waals surface area contributed by atoms with Crippen LogP contribution in [0.15, 0.2) is 42.5 Å². The molecule has 7 nitrogen and oxygen atoms in total. The van der Waals surface area contributed by atoms with E-state index in [1.54, 1.807) is 7.11 Å². The van der Waals surface area contributed by atoms with E-state index in [1.807, 2.05) is 43.3 Å². The van der Waals surface area contributed by atoms with Crippen LogP contribution in [0.25, 0.3) is 0 Å². The number of ether oxygens (including phenoxy) is 1. The molecule has 2 aromatic rings. The predicted molar refractivity (Wildman–Crippen MR) is 144 cm³/mol. The number of carbonyl (C=O) groups is 2. The first-order valence-electron chi connectivity index (χ1n) is 12.8. The van der Waals surface area contributed by atoms with Gasteiger partial charge in [-0.15, -0.1) is 0 Å². The van der Waals surface area contributed by atoms with Crippen LogP contribution in [0.4, 0.5) is 17.1 Å². The highest BCUT2D eigenvalue weighted by atomic mass is 16.5. The molecule has 0 bridgehead atoms. The number of carbonyl (C=O) groups excluding carboxylic acids is 2. The van der Waals surface area contributed by atoms with E-state index in [0.717, 1.165) is 69.0 Å². The molecule has 0 saturated carbocycles. The second-order valence-corrected chi connectivity index (χ2v) is 9.17. The van der Waals surface area contributed by atoms with Gasteiger partial charge in [0.1, 0.15) is 5.75 Å². The number of nitrogens with zero attached hydrogens (tertiary/aromatic N) is 2. The molecule has 1 atom stereocenters. The third-order valence-corrected chi connectivity index (χ3v) is 6.57. The monoisotopic (exact) mass is 480 g/mol. The van der Waals surface area contributed by atoms with Gasteiger partial charge >= 0.3 is 0 Å². The Kier molecular flexibility index (Phi) is 9.82. The van der Waals surface area contributed by atoms with Crippen LogP contribution in [0.3, 0.4) is 0 Å². The molecule has 2 N–H and O–H groups in total. The highest BCUT2D eigenvalue weighted by Gasteiger charge is 2.24. The van der Waals surface area contributed by atoms with Crippen molar-refractivity contribution in [2.75, 3.05) is 48.4 Å². The third kappa shape index (κ3) is 7.13. The molecule has 35 heavy (non-hydrogen) atoms. The Balaban J connectivity index is 1.77. The smallest absolute Gasteiger partial charge is 0.253 e. The van der Waals surface area contributed by atoms with Gasteiger partial charge in [0.05, 0.1) is 18.4 Å². The van der Waals surface area contributed by atoms with Crippen molar-refractivity contribution in [1.29, 1.82) is 0 Å². The van der Waals surface area contributed by atoms with E-state index in [-0.39, 0.29) is 17.9 Å². The largest absolute Gasteiger partial charge is 0.495 e. The molecule has 1 aliphatic rings. The molecule has 3 rings (SSSR count). The molecule has 1 saturated heterocycles. The van der Waals surface area contributed by atoms with Gasteiger partial charge in [-0.05, 0) is 50.1 Å². The quantitative estimate of drug-likeness (QED) is 0.439. The lowest BCUT2D eigenvalue weighted by atomic mass is 10.1. The number of unbranched alkanes of at least 4 members (excludes halogenated alkanes) is 2. The van der Waals surface area contributed by atoms with Gasteiger partial charge in [0, 0.05) is 50.0 Å². The first kappa shape index (κ1) is 26.4. The fourth-order valence-electron chi connectivity index (χ4n) is 4.31. The van der Waals surface area contributed by atoms with Crippen molar-refractivity contribution in [1.82, 2.24) is 5.32 Å². The van der Waals surface area contributed by atoms with Crippen LogP contribution in [0.5, 0.6) is 5.75 Å². The molecule has 190 valence electrons. The summed E-state index contributed by atoms with van der Waals surface area (Å²) < 4.78 is 5.54. The number of nitrogens with one attached hydrogen (secondary N) is 2. The average Bonchev–Trinajstić information content (AvgIpc) is 2.88. The second-order valence-electron chi connectivity index (χ2n) is 9.17. The SMILES string of the molecule is CCCCCC(=O)Nc1ccc(N2CCN(c3ccccc3OC)CC2)c(C(=O)NC(C)CC)c1. The molecular formula is C28H40N4O3. The van der Waals surface area contributed by atoms with Crippen molar-refractivity contribution < 1.29 is 14.3 Å². The van der Waals surface area contributed by atoms with Crippen LogP contribution in [0.2, 0.25) is 0 Å². The lowest BCUT2D eigenvalue weighted by Crippen LogP contribution is -2.47. The standard InChI is InChI=1S/C28H40N4O3/c1-5-7-8-13-27(33)30-22-14-15-24(23(20-22)28(34)29-21(3)6-2)31-16-18-32(19-17-31)25-11-9-10-12-26(25)35-4/h9-12,14-15,20-21H,5-8,13,16-19H2,1-4H3,(H,29,34)(H,30,33). The van der Waals surface area contributed by atoms with Crippen LogP contribution in [-0.2, 0) is 4.79 Å². The third-order valence-electron chi connectivity index (χ3n) is 6.57. The lowest BCUT2D eigenvalue weighted by molar-refractivity contribution is -0.116. The summed E-state index contributed by atoms with van der Waals surface area (Å²) in [5.74, 6) is 0.752. The highest BCUT2D eigenvalue weighted by Crippen LogP contribution is 2.31. The Morgan fingerprint density at radius 1 is 0.971 bits per heavy atom. The zero-order valence-electron chi connectivity index (χ0n) is 21.6. The van der Waals surface area contributed by atoms with Crippen LogP contribution < -0.4 is 25.2 Å². The summed E-state index contributed by atoms with van der Waals surface area (Å²) in [5.41, 5.74) is 3.25. The Hall–Kier alpha value is -3.22. The normalized spacial score (nSPS) is 14.4. The number of amides is 2. The van der Waals surface area contributed by atoms with Gasteiger partial charge in [0.15, 0.2) is 0 Å². The van der Waals surface area contributed by atoms with Crippen molar-refractivity contribution in [3.63, 3.8) is 0 Å². The van der Waals surface area contributed by atoms with E-state index >= 15 is 0 Å². The number of methoxy groups -OCH3 is 1. The summed E-state index contributed by atoms with van der Waals surface area (Å²) in [6.45, 7) is 9.38. The Bertz CT molecular complexity index is 986. The van der Waals surface area contributed by atoms with Gasteiger partial charge in [-0.3, -0.25) is 9.59 Å². The summed E-state index contributed by atoms with van der Waals surface area (Å²) in [6.07, 6.45) is 4.33. The minimum absolute atomic E-state index is 0.00935. The molecule has 2 aromatic carbocycles. The molecule has 1 heterocycles. The molecule has 1 unspecified atom stereocenters. The zero-order valence-corrected chi connectivity index (χ0v) is 21.6. The maximum atomic E-state index is 13.2. The summed E-state index contributed by atoms with van der Waals surface area (Å²) in [4.78, 5) is 30.2. The van der Waals surface area contributed by atoms with E-state index in [0.29, 0.717) is 17.7 Å². The van der Waals surface area contributed by atoms with Crippen molar-refractivity contribution in [2.45, 2.75) is 58.9 Å². The van der Waals surface area contributed by atoms with E-state index in [1.165, 1.54) is 0 Å². The van der Waals surface area contributed by atoms with E-state index in [2.05, 4.69) is 40.3 Å². The fraction of sp³-hybridized carbons (Fsp3) is 0.500. The second kappa shape index (κ2) is 13.0. The van der Waals surface area contributed by atoms with Crippen LogP contribution >= 0.6 is 0 Å². The maximum absolute atomic E-state index is 13.2. The Morgan fingerprint density at radius 2 is 1.66 bits per heavy atom. The van der Waals surface area contributed by atoms with Crippen molar-refractivity contribution in [3.05, 3.63) is 48.0 Å². The van der Waals surface area contributed by atoms with E-state index in [9.17, 15) is 9.59 Å². The maximum Gasteiger partial charge on any atom is 0.253 e. The Morgan fingerprint density at radius 3 is 2.31 bits per heavy atom. The van der Waals surface area contributed by atoms with Crippen LogP contribution in [0.1, 0.15) is 63.2 Å². The minimum atomic E-state index is -0.108. The zero-order chi connectivity index (χ0) is 25.2. The summed E-state index contributed by atoms with van der Waals surface area (Å²) >= 11 is 0. The van der Waals surface area contributed by atoms with Crippen molar-refractivity contribution >= 4 is 28.9 Å². The minimum Gasteiger partial charge on any atom is -0.495 e. The number of hydrogen-bond acceptors (Lipinski definition) is 5. The molecule has 7 heteroatoms. The number of rotatable bonds is 11. The number of para-hydroxylation sites is 2. The molecule has 0 aromatic heterocycles. The van der Waals surface area contributed by atoms with E-state index < -0.39 is 0 Å². The van der Waals surface area contributed by atoms with Crippen molar-refractivity contribution in [2.24, 2.45) is 0 Å². The van der Waals surface area contributed by atoms with Crippen LogP contribution in [0, 0.1) is 0 Å². The average molecular weight is 481 g/mol. The van der Waals surface area contributed by atoms with Gasteiger partial charge in [-0.25, -0.2) is 0 Å². The predicted octanol–water partition coefficient (Wildman–Crippen LogP) is 5.07. The molecule has 0 spiro atoms. The van der Waals surface area contributed by atoms with Crippen molar-refractivity contribution in [3.8, 4) is 5.75 Å². The lowest BCUT2D eigenvalue weighted by Gasteiger charge is -2.38. The van der Waals surface area contributed by atoms with Crippen LogP contribution in [-0.4, -0.2) is 51.1 Å². The van der Waals surface area contributed by atoms with Gasteiger partial charge < -0.3 is 25.2 Å². The molecule has 2 amide bonds. The van der Waals surface area contributed by atoms with Gasteiger partial charge in [0.25, 0.3) is 5.91 Å². The molecule has 0 radical (unpaired) electrons. The fourth-order valence-corrected chi connectivity index (χ4v) is 4.31. The molecular weight excluding hydrogens is 440 g/mol. The topological polar surface area (TPSA) is 73.9 Å². The van der Waals surface area contributed by atoms with Gasteiger partial charge in [-0.2, -0.15) is 0 Å². The first-order chi connectivity index (χ1) is 17.0. The summed E-state index contributed by atoms with van der Waals surface area (Å²) in [5, 5.41) is 6.07. The number of piperazine rings is 1. The first-order valence-corrected chi connectivity index (χ1v) is 12.8. The summed E-state index contributed by atoms with van der Waals surface area (Å²) in [6, 6.07) is 13.8. The van der Waals surface area contributed by atoms with Gasteiger partial charge in [-0.1, -0.05) is 38.8 Å². The Labute approximate surface area is 209 Å². The summed E-state index contributed by atoms with van der Waals surface area (Å²) in [7, 11) is 1.70. The molecule has 1 fully saturated rings. The number of anilines is 3.